The smallest absolute Gasteiger partial charge is 0.251 e. The van der Waals surface area contributed by atoms with E-state index >= 15 is 0 Å². The molecule has 0 unspecified atom stereocenters. The number of hydrogen-bond acceptors (Lipinski definition) is 5. The van der Waals surface area contributed by atoms with Crippen LogP contribution in [0, 0.1) is 0 Å². The molecule has 0 aliphatic heterocycles. The number of carbonyl (C=O) groups is 1. The zero-order valence-electron chi connectivity index (χ0n) is 14.4. The van der Waals surface area contributed by atoms with E-state index in [1.54, 1.807) is 23.9 Å². The summed E-state index contributed by atoms with van der Waals surface area (Å²) in [5.74, 6) is 0.495. The molecule has 1 amide bonds. The molecule has 0 radical (unpaired) electrons. The van der Waals surface area contributed by atoms with Crippen LogP contribution in [0.4, 0.5) is 5.82 Å². The molecule has 0 aliphatic carbocycles. The van der Waals surface area contributed by atoms with Crippen LogP contribution >= 0.6 is 11.8 Å². The van der Waals surface area contributed by atoms with Gasteiger partial charge in [0, 0.05) is 23.9 Å². The number of H-pyrrole nitrogens is 1. The topological polar surface area (TPSA) is 92.7 Å². The fraction of sp³-hybridized carbons (Fsp3) is 0.500. The fourth-order valence-corrected chi connectivity index (χ4v) is 3.03. The molecule has 2 aromatic heterocycles. The second-order valence-electron chi connectivity index (χ2n) is 5.80. The number of nitrogens with one attached hydrogen (secondary N) is 2. The molecule has 2 aromatic rings. The van der Waals surface area contributed by atoms with Crippen LogP contribution < -0.4 is 10.9 Å². The summed E-state index contributed by atoms with van der Waals surface area (Å²) in [7, 11) is 0. The Bertz CT molecular complexity index is 753. The summed E-state index contributed by atoms with van der Waals surface area (Å²) in [5, 5.41) is 7.12. The number of carbonyl (C=O) groups excluding carboxylic acids is 1. The van der Waals surface area contributed by atoms with Gasteiger partial charge in [-0.3, -0.25) is 9.59 Å². The average molecular weight is 349 g/mol. The molecule has 0 saturated heterocycles. The van der Waals surface area contributed by atoms with Crippen LogP contribution in [0.25, 0.3) is 0 Å². The van der Waals surface area contributed by atoms with Crippen LogP contribution in [0.3, 0.4) is 0 Å². The summed E-state index contributed by atoms with van der Waals surface area (Å²) in [6, 6.07) is 3.42. The predicted octanol–water partition coefficient (Wildman–Crippen LogP) is 2.62. The Kier molecular flexibility index (Phi) is 6.19. The van der Waals surface area contributed by atoms with E-state index < -0.39 is 5.25 Å². The molecular weight excluding hydrogens is 326 g/mol. The van der Waals surface area contributed by atoms with E-state index in [4.69, 9.17) is 0 Å². The Morgan fingerprint density at radius 1 is 1.42 bits per heavy atom. The molecular formula is C16H23N5O2S. The van der Waals surface area contributed by atoms with E-state index in [-0.39, 0.29) is 17.5 Å². The molecule has 2 rings (SSSR count). The number of thioether (sulfide) groups is 1. The summed E-state index contributed by atoms with van der Waals surface area (Å²) in [6.45, 7) is 7.80. The van der Waals surface area contributed by atoms with Crippen molar-refractivity contribution in [3.8, 4) is 0 Å². The van der Waals surface area contributed by atoms with Crippen molar-refractivity contribution in [1.29, 1.82) is 0 Å². The van der Waals surface area contributed by atoms with Crippen LogP contribution in [0.5, 0.6) is 0 Å². The van der Waals surface area contributed by atoms with Gasteiger partial charge in [0.05, 0.1) is 11.4 Å². The van der Waals surface area contributed by atoms with Crippen molar-refractivity contribution in [2.45, 2.75) is 57.0 Å². The first-order valence-electron chi connectivity index (χ1n) is 8.02. The highest BCUT2D eigenvalue weighted by atomic mass is 32.2. The van der Waals surface area contributed by atoms with Crippen molar-refractivity contribution < 1.29 is 4.79 Å². The van der Waals surface area contributed by atoms with Crippen molar-refractivity contribution in [1.82, 2.24) is 19.7 Å². The van der Waals surface area contributed by atoms with Crippen LogP contribution in [0.2, 0.25) is 0 Å². The number of hydrogen-bond donors (Lipinski definition) is 2. The SMILES string of the molecule is CCCc1cc(=O)[nH]c(S[C@@H](C)C(=O)Nc2ccnn2C(C)C)n1. The molecule has 0 fully saturated rings. The summed E-state index contributed by atoms with van der Waals surface area (Å²) in [4.78, 5) is 31.2. The molecule has 8 heteroatoms. The van der Waals surface area contributed by atoms with Crippen LogP contribution in [-0.2, 0) is 11.2 Å². The zero-order chi connectivity index (χ0) is 17.7. The largest absolute Gasteiger partial charge is 0.310 e. The number of anilines is 1. The highest BCUT2D eigenvalue weighted by Crippen LogP contribution is 2.21. The van der Waals surface area contributed by atoms with E-state index in [0.717, 1.165) is 18.5 Å². The van der Waals surface area contributed by atoms with Gasteiger partial charge in [-0.2, -0.15) is 5.10 Å². The first-order chi connectivity index (χ1) is 11.4. The van der Waals surface area contributed by atoms with E-state index in [0.29, 0.717) is 11.0 Å². The lowest BCUT2D eigenvalue weighted by molar-refractivity contribution is -0.115. The van der Waals surface area contributed by atoms with Crippen molar-refractivity contribution in [3.63, 3.8) is 0 Å². The third-order valence-electron chi connectivity index (χ3n) is 3.35. The molecule has 130 valence electrons. The molecule has 0 aliphatic rings. The van der Waals surface area contributed by atoms with E-state index in [9.17, 15) is 9.59 Å². The second-order valence-corrected chi connectivity index (χ2v) is 7.13. The lowest BCUT2D eigenvalue weighted by atomic mass is 10.2. The molecule has 0 bridgehead atoms. The highest BCUT2D eigenvalue weighted by Gasteiger charge is 2.18. The number of aryl methyl sites for hydroxylation is 1. The molecule has 2 N–H and O–H groups in total. The number of nitrogens with zero attached hydrogens (tertiary/aromatic N) is 3. The number of aromatic amines is 1. The first-order valence-corrected chi connectivity index (χ1v) is 8.90. The van der Waals surface area contributed by atoms with Gasteiger partial charge in [-0.25, -0.2) is 9.67 Å². The molecule has 24 heavy (non-hydrogen) atoms. The van der Waals surface area contributed by atoms with Crippen LogP contribution in [-0.4, -0.2) is 30.9 Å². The number of amides is 1. The van der Waals surface area contributed by atoms with Gasteiger partial charge >= 0.3 is 0 Å². The fourth-order valence-electron chi connectivity index (χ4n) is 2.20. The van der Waals surface area contributed by atoms with Crippen LogP contribution in [0.15, 0.2) is 28.3 Å². The monoisotopic (exact) mass is 349 g/mol. The predicted molar refractivity (Wildman–Crippen MR) is 95.4 cm³/mol. The van der Waals surface area contributed by atoms with Crippen molar-refractivity contribution in [3.05, 3.63) is 34.4 Å². The Hall–Kier alpha value is -2.09. The van der Waals surface area contributed by atoms with Gasteiger partial charge < -0.3 is 10.3 Å². The quantitative estimate of drug-likeness (QED) is 0.592. The summed E-state index contributed by atoms with van der Waals surface area (Å²) >= 11 is 1.23. The van der Waals surface area contributed by atoms with Crippen molar-refractivity contribution in [2.24, 2.45) is 0 Å². The van der Waals surface area contributed by atoms with E-state index in [1.807, 2.05) is 20.8 Å². The minimum atomic E-state index is -0.402. The molecule has 1 atom stereocenters. The van der Waals surface area contributed by atoms with E-state index in [1.165, 1.54) is 17.8 Å². The lowest BCUT2D eigenvalue weighted by Gasteiger charge is -2.14. The maximum atomic E-state index is 12.4. The maximum absolute atomic E-state index is 12.4. The van der Waals surface area contributed by atoms with Gasteiger partial charge in [-0.15, -0.1) is 0 Å². The molecule has 2 heterocycles. The van der Waals surface area contributed by atoms with E-state index in [2.05, 4.69) is 20.4 Å². The Morgan fingerprint density at radius 2 is 2.17 bits per heavy atom. The summed E-state index contributed by atoms with van der Waals surface area (Å²) in [5.41, 5.74) is 0.552. The molecule has 0 saturated carbocycles. The minimum absolute atomic E-state index is 0.155. The summed E-state index contributed by atoms with van der Waals surface area (Å²) < 4.78 is 1.75. The number of rotatable bonds is 7. The minimum Gasteiger partial charge on any atom is -0.310 e. The average Bonchev–Trinajstić information content (AvgIpc) is 2.95. The van der Waals surface area contributed by atoms with Gasteiger partial charge in [0.2, 0.25) is 5.91 Å². The van der Waals surface area contributed by atoms with Crippen molar-refractivity contribution >= 4 is 23.5 Å². The lowest BCUT2D eigenvalue weighted by Crippen LogP contribution is -2.25. The van der Waals surface area contributed by atoms with Gasteiger partial charge in [0.25, 0.3) is 5.56 Å². The second kappa shape index (κ2) is 8.14. The van der Waals surface area contributed by atoms with Crippen molar-refractivity contribution in [2.75, 3.05) is 5.32 Å². The Morgan fingerprint density at radius 3 is 2.83 bits per heavy atom. The highest BCUT2D eigenvalue weighted by molar-refractivity contribution is 8.00. The van der Waals surface area contributed by atoms with Gasteiger partial charge in [0.1, 0.15) is 5.82 Å². The third kappa shape index (κ3) is 4.70. The standard InChI is InChI=1S/C16H23N5O2S/c1-5-6-12-9-14(22)20-16(18-12)24-11(4)15(23)19-13-7-8-17-21(13)10(2)3/h7-11H,5-6H2,1-4H3,(H,19,23)(H,18,20,22)/t11-/m0/s1. The van der Waals surface area contributed by atoms with Gasteiger partial charge in [-0.1, -0.05) is 25.1 Å². The molecule has 0 spiro atoms. The maximum Gasteiger partial charge on any atom is 0.251 e. The first kappa shape index (κ1) is 18.3. The number of aromatic nitrogens is 4. The Balaban J connectivity index is 2.06. The summed E-state index contributed by atoms with van der Waals surface area (Å²) in [6.07, 6.45) is 3.31. The van der Waals surface area contributed by atoms with Crippen LogP contribution in [0.1, 0.15) is 45.9 Å². The van der Waals surface area contributed by atoms with Gasteiger partial charge in [0.15, 0.2) is 5.16 Å². The Labute approximate surface area is 145 Å². The van der Waals surface area contributed by atoms with Gasteiger partial charge in [-0.05, 0) is 27.2 Å². The molecule has 0 aromatic carbocycles. The zero-order valence-corrected chi connectivity index (χ0v) is 15.2. The molecule has 7 nitrogen and oxygen atoms in total. The normalized spacial score (nSPS) is 12.4. The third-order valence-corrected chi connectivity index (χ3v) is 4.33.